The highest BCUT2D eigenvalue weighted by Crippen LogP contribution is 2.29. The smallest absolute Gasteiger partial charge is 0.252 e. The lowest BCUT2D eigenvalue weighted by Crippen LogP contribution is -2.30. The van der Waals surface area contributed by atoms with E-state index in [1.807, 2.05) is 41.3 Å². The van der Waals surface area contributed by atoms with E-state index in [0.29, 0.717) is 23.4 Å². The van der Waals surface area contributed by atoms with Gasteiger partial charge in [0.15, 0.2) is 0 Å². The largest absolute Gasteiger partial charge is 0.348 e. The van der Waals surface area contributed by atoms with E-state index in [1.54, 1.807) is 41.2 Å². The molecule has 0 spiro atoms. The van der Waals surface area contributed by atoms with E-state index in [0.717, 1.165) is 17.0 Å². The number of thioether (sulfide) groups is 1. The fraction of sp³-hybridized carbons (Fsp3) is 0.148. The van der Waals surface area contributed by atoms with Crippen LogP contribution in [0.5, 0.6) is 0 Å². The Hall–Kier alpha value is -3.91. The minimum absolute atomic E-state index is 0.0172. The quantitative estimate of drug-likeness (QED) is 0.387. The number of fused-ring (bicyclic) bond motifs is 1. The number of anilines is 1. The summed E-state index contributed by atoms with van der Waals surface area (Å²) in [5.74, 6) is -0.415. The number of amides is 2. The fourth-order valence-electron chi connectivity index (χ4n) is 4.14. The molecule has 35 heavy (non-hydrogen) atoms. The van der Waals surface area contributed by atoms with Crippen LogP contribution in [0.4, 0.5) is 10.1 Å². The third-order valence-electron chi connectivity index (χ3n) is 5.92. The van der Waals surface area contributed by atoms with Gasteiger partial charge in [0.25, 0.3) is 5.91 Å². The molecule has 3 aromatic carbocycles. The first-order valence-corrected chi connectivity index (χ1v) is 12.2. The Labute approximate surface area is 206 Å². The normalized spacial score (nSPS) is 12.4. The molecule has 0 radical (unpaired) electrons. The zero-order valence-electron chi connectivity index (χ0n) is 18.9. The summed E-state index contributed by atoms with van der Waals surface area (Å²) in [7, 11) is 0. The lowest BCUT2D eigenvalue weighted by atomic mass is 10.1. The van der Waals surface area contributed by atoms with Gasteiger partial charge in [-0.25, -0.2) is 9.37 Å². The number of hydrogen-bond acceptors (Lipinski definition) is 4. The van der Waals surface area contributed by atoms with Gasteiger partial charge in [0.05, 0.1) is 23.3 Å². The second-order valence-electron chi connectivity index (χ2n) is 8.15. The van der Waals surface area contributed by atoms with Crippen LogP contribution >= 0.6 is 11.8 Å². The van der Waals surface area contributed by atoms with Crippen LogP contribution < -0.4 is 10.2 Å². The van der Waals surface area contributed by atoms with Gasteiger partial charge in [-0.2, -0.15) is 0 Å². The molecule has 0 unspecified atom stereocenters. The fourth-order valence-corrected chi connectivity index (χ4v) is 5.07. The van der Waals surface area contributed by atoms with Gasteiger partial charge in [-0.15, -0.1) is 11.8 Å². The molecule has 0 bridgehead atoms. The topological polar surface area (TPSA) is 67.2 Å². The summed E-state index contributed by atoms with van der Waals surface area (Å²) >= 11 is 1.35. The molecule has 0 saturated heterocycles. The van der Waals surface area contributed by atoms with Crippen molar-refractivity contribution in [3.8, 4) is 5.69 Å². The van der Waals surface area contributed by atoms with Crippen molar-refractivity contribution < 1.29 is 14.0 Å². The maximum Gasteiger partial charge on any atom is 0.252 e. The first kappa shape index (κ1) is 22.9. The van der Waals surface area contributed by atoms with E-state index in [1.165, 1.54) is 29.7 Å². The van der Waals surface area contributed by atoms with Crippen molar-refractivity contribution in [1.82, 2.24) is 14.9 Å². The molecular formula is C27H23FN4O2S. The van der Waals surface area contributed by atoms with Crippen LogP contribution in [0.2, 0.25) is 0 Å². The molecule has 0 atom stereocenters. The molecule has 5 rings (SSSR count). The molecular weight excluding hydrogens is 463 g/mol. The lowest BCUT2D eigenvalue weighted by Gasteiger charge is -2.17. The van der Waals surface area contributed by atoms with Crippen molar-refractivity contribution in [2.45, 2.75) is 17.9 Å². The second kappa shape index (κ2) is 10.1. The molecule has 0 saturated carbocycles. The molecule has 1 N–H and O–H groups in total. The monoisotopic (exact) mass is 486 g/mol. The average molecular weight is 487 g/mol. The van der Waals surface area contributed by atoms with Crippen LogP contribution in [-0.4, -0.2) is 33.7 Å². The average Bonchev–Trinajstić information content (AvgIpc) is 3.56. The van der Waals surface area contributed by atoms with Crippen LogP contribution in [0.15, 0.2) is 90.3 Å². The predicted octanol–water partition coefficient (Wildman–Crippen LogP) is 4.62. The number of rotatable bonds is 7. The Bertz CT molecular complexity index is 1370. The van der Waals surface area contributed by atoms with Crippen molar-refractivity contribution >= 4 is 29.3 Å². The summed E-state index contributed by atoms with van der Waals surface area (Å²) in [6, 6.07) is 20.0. The second-order valence-corrected chi connectivity index (χ2v) is 9.16. The maximum absolute atomic E-state index is 14.5. The molecule has 1 aliphatic rings. The van der Waals surface area contributed by atoms with Gasteiger partial charge < -0.3 is 14.8 Å². The zero-order chi connectivity index (χ0) is 24.2. The number of imidazole rings is 1. The standard InChI is InChI=1S/C27H23FN4O2S/c28-22-15-19(9-10-24(22)31-14-12-29-18-31)16-30-27(34)21-6-2-4-8-25(21)35-17-26(33)32-13-11-20-5-1-3-7-23(20)32/h1-10,12,14-15,18H,11,13,16-17H2,(H,30,34). The predicted molar refractivity (Wildman–Crippen MR) is 134 cm³/mol. The number of carbonyl (C=O) groups is 2. The van der Waals surface area contributed by atoms with E-state index in [9.17, 15) is 14.0 Å². The van der Waals surface area contributed by atoms with E-state index < -0.39 is 5.82 Å². The Morgan fingerprint density at radius 1 is 1.03 bits per heavy atom. The van der Waals surface area contributed by atoms with E-state index in [4.69, 9.17) is 0 Å². The highest BCUT2D eigenvalue weighted by atomic mass is 32.2. The van der Waals surface area contributed by atoms with Gasteiger partial charge in [-0.3, -0.25) is 9.59 Å². The summed E-state index contributed by atoms with van der Waals surface area (Å²) in [5.41, 5.74) is 3.68. The number of nitrogens with one attached hydrogen (secondary N) is 1. The minimum atomic E-state index is -0.396. The Morgan fingerprint density at radius 2 is 1.86 bits per heavy atom. The summed E-state index contributed by atoms with van der Waals surface area (Å²) in [5, 5.41) is 2.86. The number of benzene rings is 3. The van der Waals surface area contributed by atoms with Crippen LogP contribution in [0.1, 0.15) is 21.5 Å². The van der Waals surface area contributed by atoms with E-state index in [2.05, 4.69) is 10.3 Å². The third-order valence-corrected chi connectivity index (χ3v) is 6.98. The van der Waals surface area contributed by atoms with Gasteiger partial charge in [0, 0.05) is 36.1 Å². The first-order valence-electron chi connectivity index (χ1n) is 11.3. The van der Waals surface area contributed by atoms with Crippen molar-refractivity contribution in [1.29, 1.82) is 0 Å². The molecule has 176 valence electrons. The molecule has 2 heterocycles. The van der Waals surface area contributed by atoms with Crippen LogP contribution in [0.3, 0.4) is 0 Å². The zero-order valence-corrected chi connectivity index (χ0v) is 19.7. The Kier molecular flexibility index (Phi) is 6.63. The number of halogens is 1. The Morgan fingerprint density at radius 3 is 2.69 bits per heavy atom. The van der Waals surface area contributed by atoms with Gasteiger partial charge in [0.1, 0.15) is 5.82 Å². The molecule has 4 aromatic rings. The highest BCUT2D eigenvalue weighted by Gasteiger charge is 2.24. The van der Waals surface area contributed by atoms with Crippen molar-refractivity contribution in [3.05, 3.63) is 108 Å². The minimum Gasteiger partial charge on any atom is -0.348 e. The van der Waals surface area contributed by atoms with Crippen LogP contribution in [0, 0.1) is 5.82 Å². The number of nitrogens with zero attached hydrogens (tertiary/aromatic N) is 3. The lowest BCUT2D eigenvalue weighted by molar-refractivity contribution is -0.116. The SMILES string of the molecule is O=C(NCc1ccc(-n2ccnc2)c(F)c1)c1ccccc1SCC(=O)N1CCc2ccccc21. The van der Waals surface area contributed by atoms with Gasteiger partial charge >= 0.3 is 0 Å². The number of para-hydroxylation sites is 1. The molecule has 1 aromatic heterocycles. The first-order chi connectivity index (χ1) is 17.1. The van der Waals surface area contributed by atoms with Crippen LogP contribution in [-0.2, 0) is 17.8 Å². The van der Waals surface area contributed by atoms with Crippen molar-refractivity contribution in [3.63, 3.8) is 0 Å². The van der Waals surface area contributed by atoms with Crippen LogP contribution in [0.25, 0.3) is 5.69 Å². The Balaban J connectivity index is 1.22. The molecule has 0 aliphatic carbocycles. The number of carbonyl (C=O) groups excluding carboxylic acids is 2. The summed E-state index contributed by atoms with van der Waals surface area (Å²) in [4.78, 5) is 32.3. The van der Waals surface area contributed by atoms with E-state index >= 15 is 0 Å². The van der Waals surface area contributed by atoms with Gasteiger partial charge in [-0.05, 0) is 47.9 Å². The van der Waals surface area contributed by atoms with Crippen molar-refractivity contribution in [2.75, 3.05) is 17.2 Å². The van der Waals surface area contributed by atoms with Gasteiger partial charge in [-0.1, -0.05) is 36.4 Å². The molecule has 1 aliphatic heterocycles. The summed E-state index contributed by atoms with van der Waals surface area (Å²) in [6.07, 6.45) is 5.64. The number of aromatic nitrogens is 2. The summed E-state index contributed by atoms with van der Waals surface area (Å²) in [6.45, 7) is 0.861. The molecule has 2 amide bonds. The maximum atomic E-state index is 14.5. The van der Waals surface area contributed by atoms with E-state index in [-0.39, 0.29) is 24.1 Å². The highest BCUT2D eigenvalue weighted by molar-refractivity contribution is 8.00. The molecule has 6 nitrogen and oxygen atoms in total. The third kappa shape index (κ3) is 4.97. The van der Waals surface area contributed by atoms with Crippen molar-refractivity contribution in [2.24, 2.45) is 0 Å². The van der Waals surface area contributed by atoms with Gasteiger partial charge in [0.2, 0.25) is 5.91 Å². The summed E-state index contributed by atoms with van der Waals surface area (Å²) < 4.78 is 16.1. The molecule has 8 heteroatoms. The number of hydrogen-bond donors (Lipinski definition) is 1. The molecule has 0 fully saturated rings.